The van der Waals surface area contributed by atoms with E-state index in [1.807, 2.05) is 18.5 Å². The molecule has 0 radical (unpaired) electrons. The Hall–Kier alpha value is -2.17. The highest BCUT2D eigenvalue weighted by Gasteiger charge is 2.29. The molecule has 3 rings (SSSR count). The first kappa shape index (κ1) is 17.6. The Labute approximate surface area is 148 Å². The van der Waals surface area contributed by atoms with Crippen LogP contribution in [0.3, 0.4) is 0 Å². The Morgan fingerprint density at radius 3 is 2.72 bits per heavy atom. The normalized spacial score (nSPS) is 14.5. The molecule has 1 N–H and O–H groups in total. The van der Waals surface area contributed by atoms with Crippen molar-refractivity contribution < 1.29 is 9.18 Å². The number of hydrogen-bond donors (Lipinski definition) is 1. The Kier molecular flexibility index (Phi) is 4.43. The highest BCUT2D eigenvalue weighted by atomic mass is 19.1. The summed E-state index contributed by atoms with van der Waals surface area (Å²) in [6, 6.07) is 2.82. The van der Waals surface area contributed by atoms with Crippen molar-refractivity contribution in [3.05, 3.63) is 34.8 Å². The molecule has 4 nitrogen and oxygen atoms in total. The molecule has 1 aromatic carbocycles. The van der Waals surface area contributed by atoms with Crippen molar-refractivity contribution in [2.24, 2.45) is 17.6 Å². The molecule has 2 aromatic rings. The second-order valence-electron chi connectivity index (χ2n) is 7.81. The molecule has 0 aliphatic carbocycles. The fraction of sp³-hybridized carbons (Fsp3) is 0.500. The van der Waals surface area contributed by atoms with Crippen LogP contribution in [0, 0.1) is 11.2 Å². The van der Waals surface area contributed by atoms with Crippen LogP contribution in [-0.2, 0) is 13.5 Å². The summed E-state index contributed by atoms with van der Waals surface area (Å²) in [6.07, 6.45) is 4.33. The van der Waals surface area contributed by atoms with E-state index in [0.29, 0.717) is 5.56 Å². The lowest BCUT2D eigenvalue weighted by molar-refractivity contribution is 0.0956. The van der Waals surface area contributed by atoms with Crippen molar-refractivity contribution in [3.63, 3.8) is 0 Å². The lowest BCUT2D eigenvalue weighted by Gasteiger charge is -2.25. The third-order valence-electron chi connectivity index (χ3n) is 5.17. The molecular formula is C20H26FN3O. The predicted octanol–water partition coefficient (Wildman–Crippen LogP) is 4.54. The highest BCUT2D eigenvalue weighted by Crippen LogP contribution is 2.36. The first-order valence-corrected chi connectivity index (χ1v) is 8.91. The van der Waals surface area contributed by atoms with Gasteiger partial charge in [-0.25, -0.2) is 9.82 Å². The number of aromatic nitrogens is 1. The lowest BCUT2D eigenvalue weighted by atomic mass is 9.81. The number of carbonyl (C=O) groups is 1. The van der Waals surface area contributed by atoms with E-state index in [1.165, 1.54) is 25.0 Å². The Bertz CT molecular complexity index is 877. The maximum atomic E-state index is 14.1. The third-order valence-corrected chi connectivity index (χ3v) is 5.17. The van der Waals surface area contributed by atoms with Crippen LogP contribution in [0.1, 0.15) is 68.6 Å². The number of nitrogens with one attached hydrogen (secondary N) is 1. The van der Waals surface area contributed by atoms with Crippen LogP contribution in [0.5, 0.6) is 0 Å². The number of rotatable bonds is 5. The van der Waals surface area contributed by atoms with Crippen LogP contribution in [0.2, 0.25) is 0 Å². The van der Waals surface area contributed by atoms with Gasteiger partial charge in [-0.3, -0.25) is 4.79 Å². The maximum Gasteiger partial charge on any atom is 0.272 e. The monoisotopic (exact) mass is 343 g/mol. The summed E-state index contributed by atoms with van der Waals surface area (Å²) in [6.45, 7) is 8.63. The molecule has 0 saturated heterocycles. The second-order valence-corrected chi connectivity index (χ2v) is 7.81. The fourth-order valence-corrected chi connectivity index (χ4v) is 3.80. The van der Waals surface area contributed by atoms with Gasteiger partial charge in [0.05, 0.1) is 16.8 Å². The lowest BCUT2D eigenvalue weighted by Crippen LogP contribution is -2.20. The van der Waals surface area contributed by atoms with Gasteiger partial charge in [-0.05, 0) is 37.3 Å². The van der Waals surface area contributed by atoms with Crippen molar-refractivity contribution in [1.29, 1.82) is 0 Å². The molecule has 2 heterocycles. The minimum Gasteiger partial charge on any atom is -0.347 e. The quantitative estimate of drug-likeness (QED) is 0.851. The zero-order valence-corrected chi connectivity index (χ0v) is 15.7. The van der Waals surface area contributed by atoms with Gasteiger partial charge in [-0.1, -0.05) is 33.6 Å². The summed E-state index contributed by atoms with van der Waals surface area (Å²) in [5, 5.41) is 5.03. The molecule has 25 heavy (non-hydrogen) atoms. The number of carbonyl (C=O) groups excluding carboxylic acids is 1. The summed E-state index contributed by atoms with van der Waals surface area (Å²) >= 11 is 0. The first-order valence-electron chi connectivity index (χ1n) is 8.91. The molecular weight excluding hydrogens is 317 g/mol. The molecule has 1 aliphatic heterocycles. The van der Waals surface area contributed by atoms with Crippen molar-refractivity contribution in [3.8, 4) is 0 Å². The number of hydrogen-bond acceptors (Lipinski definition) is 2. The van der Waals surface area contributed by atoms with E-state index in [-0.39, 0.29) is 11.3 Å². The van der Waals surface area contributed by atoms with Gasteiger partial charge in [-0.15, -0.1) is 0 Å². The zero-order chi connectivity index (χ0) is 18.4. The number of aryl methyl sites for hydroxylation is 1. The summed E-state index contributed by atoms with van der Waals surface area (Å²) in [7, 11) is 1.95. The average Bonchev–Trinajstić information content (AvgIpc) is 2.74. The average molecular weight is 343 g/mol. The Morgan fingerprint density at radius 2 is 2.04 bits per heavy atom. The second kappa shape index (κ2) is 6.28. The van der Waals surface area contributed by atoms with Crippen LogP contribution < -0.4 is 5.43 Å². The molecule has 0 fully saturated rings. The van der Waals surface area contributed by atoms with Gasteiger partial charge < -0.3 is 4.57 Å². The molecule has 0 unspecified atom stereocenters. The van der Waals surface area contributed by atoms with Gasteiger partial charge in [0.25, 0.3) is 5.91 Å². The first-order chi connectivity index (χ1) is 11.7. The molecule has 0 spiro atoms. The number of benzene rings is 1. The van der Waals surface area contributed by atoms with E-state index < -0.39 is 5.82 Å². The molecule has 134 valence electrons. The summed E-state index contributed by atoms with van der Waals surface area (Å²) in [5.41, 5.74) is 6.61. The molecule has 0 bridgehead atoms. The van der Waals surface area contributed by atoms with E-state index in [9.17, 15) is 9.18 Å². The number of hydrazone groups is 1. The fourth-order valence-electron chi connectivity index (χ4n) is 3.80. The largest absolute Gasteiger partial charge is 0.347 e. The summed E-state index contributed by atoms with van der Waals surface area (Å²) < 4.78 is 16.1. The van der Waals surface area contributed by atoms with E-state index in [1.54, 1.807) is 0 Å². The topological polar surface area (TPSA) is 46.4 Å². The predicted molar refractivity (Wildman–Crippen MR) is 99.6 cm³/mol. The van der Waals surface area contributed by atoms with Crippen molar-refractivity contribution in [2.45, 2.75) is 53.4 Å². The van der Waals surface area contributed by atoms with Crippen LogP contribution >= 0.6 is 0 Å². The van der Waals surface area contributed by atoms with E-state index in [4.69, 9.17) is 0 Å². The van der Waals surface area contributed by atoms with Crippen LogP contribution in [0.4, 0.5) is 4.39 Å². The highest BCUT2D eigenvalue weighted by molar-refractivity contribution is 6.19. The molecule has 0 atom stereocenters. The zero-order valence-electron chi connectivity index (χ0n) is 15.7. The number of amides is 1. The summed E-state index contributed by atoms with van der Waals surface area (Å²) in [5.74, 6) is -0.758. The summed E-state index contributed by atoms with van der Waals surface area (Å²) in [4.78, 5) is 12.3. The van der Waals surface area contributed by atoms with E-state index in [0.717, 1.165) is 40.7 Å². The van der Waals surface area contributed by atoms with Crippen molar-refractivity contribution in [1.82, 2.24) is 9.99 Å². The van der Waals surface area contributed by atoms with Crippen molar-refractivity contribution >= 4 is 22.5 Å². The van der Waals surface area contributed by atoms with Gasteiger partial charge in [0.15, 0.2) is 0 Å². The van der Waals surface area contributed by atoms with Gasteiger partial charge in [-0.2, -0.15) is 5.10 Å². The van der Waals surface area contributed by atoms with Gasteiger partial charge in [0.2, 0.25) is 0 Å². The number of unbranched alkanes of at least 4 members (excludes halogenated alkanes) is 1. The maximum absolute atomic E-state index is 14.1. The van der Waals surface area contributed by atoms with E-state index in [2.05, 4.69) is 31.3 Å². The van der Waals surface area contributed by atoms with Gasteiger partial charge in [0, 0.05) is 23.7 Å². The van der Waals surface area contributed by atoms with E-state index >= 15 is 0 Å². The van der Waals surface area contributed by atoms with Crippen molar-refractivity contribution in [2.75, 3.05) is 0 Å². The van der Waals surface area contributed by atoms with Crippen LogP contribution in [0.15, 0.2) is 17.2 Å². The standard InChI is InChI=1S/C20H26FN3O/c1-6-7-8-20(3,4)11-16-17-12(2)22-23-19(25)14-9-13(21)10-15(18(14)17)24(16)5/h9-10H,6-8,11H2,1-5H3,(H,23,25). The molecule has 1 aromatic heterocycles. The SMILES string of the molecule is CCCCC(C)(C)Cc1c2c3c(cc(F)cc3n1C)C(=O)NN=C2C. The number of nitrogens with zero attached hydrogens (tertiary/aromatic N) is 2. The third kappa shape index (κ3) is 3.08. The molecule has 0 saturated carbocycles. The molecule has 1 amide bonds. The van der Waals surface area contributed by atoms with Crippen LogP contribution in [-0.4, -0.2) is 16.2 Å². The molecule has 5 heteroatoms. The van der Waals surface area contributed by atoms with Crippen LogP contribution in [0.25, 0.3) is 10.9 Å². The van der Waals surface area contributed by atoms with Gasteiger partial charge >= 0.3 is 0 Å². The number of halogens is 1. The Morgan fingerprint density at radius 1 is 1.32 bits per heavy atom. The molecule has 1 aliphatic rings. The van der Waals surface area contributed by atoms with Gasteiger partial charge in [0.1, 0.15) is 5.82 Å². The Balaban J connectivity index is 2.24. The smallest absolute Gasteiger partial charge is 0.272 e. The minimum atomic E-state index is -0.402. The minimum absolute atomic E-state index is 0.122.